The van der Waals surface area contributed by atoms with Gasteiger partial charge in [0.1, 0.15) is 0 Å². The Kier molecular flexibility index (Phi) is 5.64. The topological polar surface area (TPSA) is 57.8 Å². The van der Waals surface area contributed by atoms with E-state index in [1.807, 2.05) is 18.2 Å². The molecule has 0 unspecified atom stereocenters. The lowest BCUT2D eigenvalue weighted by Crippen LogP contribution is -2.14. The highest BCUT2D eigenvalue weighted by atomic mass is 35.5. The van der Waals surface area contributed by atoms with Gasteiger partial charge in [-0.15, -0.1) is 0 Å². The Hall–Kier alpha value is -1.30. The number of aromatic nitrogens is 2. The van der Waals surface area contributed by atoms with E-state index in [-0.39, 0.29) is 5.56 Å². The maximum absolute atomic E-state index is 11.3. The summed E-state index contributed by atoms with van der Waals surface area (Å²) in [4.78, 5) is 19.1. The third kappa shape index (κ3) is 4.10. The van der Waals surface area contributed by atoms with Gasteiger partial charge in [0.15, 0.2) is 5.16 Å². The van der Waals surface area contributed by atoms with Crippen LogP contribution in [0, 0.1) is 0 Å². The molecule has 6 heteroatoms. The Morgan fingerprint density at radius 3 is 3.00 bits per heavy atom. The second-order valence-corrected chi connectivity index (χ2v) is 5.67. The van der Waals surface area contributed by atoms with Crippen LogP contribution in [0.2, 0.25) is 5.02 Å². The van der Waals surface area contributed by atoms with Crippen LogP contribution in [0.1, 0.15) is 18.9 Å². The summed E-state index contributed by atoms with van der Waals surface area (Å²) in [5.74, 6) is 0. The maximum Gasteiger partial charge on any atom is 0.251 e. The van der Waals surface area contributed by atoms with E-state index in [1.165, 1.54) is 24.0 Å². The highest BCUT2D eigenvalue weighted by molar-refractivity contribution is 7.99. The van der Waals surface area contributed by atoms with Crippen molar-refractivity contribution in [3.05, 3.63) is 51.4 Å². The normalized spacial score (nSPS) is 10.7. The van der Waals surface area contributed by atoms with E-state index in [9.17, 15) is 4.79 Å². The Morgan fingerprint density at radius 1 is 1.40 bits per heavy atom. The lowest BCUT2D eigenvalue weighted by molar-refractivity contribution is 0.669. The number of hydrogen-bond acceptors (Lipinski definition) is 4. The first kappa shape index (κ1) is 15.1. The number of hydrogen-bond donors (Lipinski definition) is 2. The van der Waals surface area contributed by atoms with E-state index < -0.39 is 0 Å². The van der Waals surface area contributed by atoms with Gasteiger partial charge in [-0.25, -0.2) is 4.98 Å². The number of nitrogens with one attached hydrogen (secondary N) is 2. The van der Waals surface area contributed by atoms with Crippen LogP contribution in [0.25, 0.3) is 0 Å². The van der Waals surface area contributed by atoms with Crippen molar-refractivity contribution in [1.29, 1.82) is 0 Å². The van der Waals surface area contributed by atoms with Crippen LogP contribution in [0.3, 0.4) is 0 Å². The van der Waals surface area contributed by atoms with Gasteiger partial charge in [-0.1, -0.05) is 36.4 Å². The van der Waals surface area contributed by atoms with Crippen molar-refractivity contribution >= 4 is 23.4 Å². The molecule has 1 aromatic heterocycles. The lowest BCUT2D eigenvalue weighted by atomic mass is 10.2. The molecule has 0 aliphatic heterocycles. The van der Waals surface area contributed by atoms with Crippen molar-refractivity contribution in [1.82, 2.24) is 15.3 Å². The van der Waals surface area contributed by atoms with Crippen molar-refractivity contribution < 1.29 is 0 Å². The van der Waals surface area contributed by atoms with Gasteiger partial charge in [0, 0.05) is 28.7 Å². The highest BCUT2D eigenvalue weighted by Gasteiger charge is 2.09. The number of rotatable bonds is 6. The average Bonchev–Trinajstić information content (AvgIpc) is 2.42. The van der Waals surface area contributed by atoms with Gasteiger partial charge in [-0.05, 0) is 30.7 Å². The van der Waals surface area contributed by atoms with Crippen LogP contribution in [0.4, 0.5) is 0 Å². The fourth-order valence-corrected chi connectivity index (χ4v) is 2.93. The van der Waals surface area contributed by atoms with Crippen molar-refractivity contribution in [2.75, 3.05) is 6.54 Å². The summed E-state index contributed by atoms with van der Waals surface area (Å²) in [5, 5.41) is 4.63. The summed E-state index contributed by atoms with van der Waals surface area (Å²) in [7, 11) is 0. The quantitative estimate of drug-likeness (QED) is 0.636. The molecule has 106 valence electrons. The first-order valence-electron chi connectivity index (χ1n) is 6.42. The Balaban J connectivity index is 2.22. The van der Waals surface area contributed by atoms with Crippen molar-refractivity contribution in [2.24, 2.45) is 0 Å². The second kappa shape index (κ2) is 7.47. The van der Waals surface area contributed by atoms with Crippen LogP contribution >= 0.6 is 23.4 Å². The third-order valence-corrected chi connectivity index (χ3v) is 4.02. The Labute approximate surface area is 127 Å². The van der Waals surface area contributed by atoms with Gasteiger partial charge in [0.05, 0.1) is 0 Å². The number of aromatic amines is 1. The first-order valence-corrected chi connectivity index (χ1v) is 7.61. The van der Waals surface area contributed by atoms with Crippen molar-refractivity contribution in [2.45, 2.75) is 29.9 Å². The molecule has 0 atom stereocenters. The summed E-state index contributed by atoms with van der Waals surface area (Å²) in [6.45, 7) is 3.76. The molecule has 2 aromatic rings. The highest BCUT2D eigenvalue weighted by Crippen LogP contribution is 2.31. The van der Waals surface area contributed by atoms with E-state index in [1.54, 1.807) is 0 Å². The number of benzene rings is 1. The zero-order valence-electron chi connectivity index (χ0n) is 11.1. The molecule has 1 heterocycles. The minimum absolute atomic E-state index is 0.157. The van der Waals surface area contributed by atoms with Crippen LogP contribution in [0.15, 0.2) is 45.3 Å². The van der Waals surface area contributed by atoms with Crippen molar-refractivity contribution in [3.63, 3.8) is 0 Å². The summed E-state index contributed by atoms with van der Waals surface area (Å²) in [6.07, 6.45) is 2.57. The largest absolute Gasteiger partial charge is 0.313 e. The molecule has 1 aromatic carbocycles. The molecule has 0 aliphatic carbocycles. The van der Waals surface area contributed by atoms with Gasteiger partial charge in [0.25, 0.3) is 5.56 Å². The van der Waals surface area contributed by atoms with E-state index in [0.717, 1.165) is 28.4 Å². The lowest BCUT2D eigenvalue weighted by Gasteiger charge is -2.11. The molecule has 0 amide bonds. The van der Waals surface area contributed by atoms with Gasteiger partial charge in [-0.3, -0.25) is 4.79 Å². The van der Waals surface area contributed by atoms with Gasteiger partial charge in [-0.2, -0.15) is 0 Å². The van der Waals surface area contributed by atoms with Gasteiger partial charge < -0.3 is 10.3 Å². The standard InChI is InChI=1S/C14H16ClN3OS/c1-2-7-16-9-10-11(15)4-3-5-12(10)20-14-17-8-6-13(19)18-14/h3-6,8,16H,2,7,9H2,1H3,(H,17,18,19). The number of nitrogens with zero attached hydrogens (tertiary/aromatic N) is 1. The van der Waals surface area contributed by atoms with Crippen LogP contribution in [0.5, 0.6) is 0 Å². The second-order valence-electron chi connectivity index (χ2n) is 4.23. The SMILES string of the molecule is CCCNCc1c(Cl)cccc1Sc1nccc(=O)[nH]1. The zero-order valence-corrected chi connectivity index (χ0v) is 12.7. The van der Waals surface area contributed by atoms with E-state index in [4.69, 9.17) is 11.6 Å². The molecule has 0 saturated heterocycles. The predicted molar refractivity (Wildman–Crippen MR) is 82.4 cm³/mol. The minimum atomic E-state index is -0.157. The van der Waals surface area contributed by atoms with E-state index in [2.05, 4.69) is 22.2 Å². The summed E-state index contributed by atoms with van der Waals surface area (Å²) in [5.41, 5.74) is 0.870. The molecule has 0 fully saturated rings. The minimum Gasteiger partial charge on any atom is -0.313 e. The van der Waals surface area contributed by atoms with Crippen LogP contribution in [-0.2, 0) is 6.54 Å². The molecule has 2 N–H and O–H groups in total. The van der Waals surface area contributed by atoms with Gasteiger partial charge in [0.2, 0.25) is 0 Å². The van der Waals surface area contributed by atoms with E-state index >= 15 is 0 Å². The molecular weight excluding hydrogens is 294 g/mol. The molecule has 20 heavy (non-hydrogen) atoms. The number of H-pyrrole nitrogens is 1. The molecule has 4 nitrogen and oxygen atoms in total. The predicted octanol–water partition coefficient (Wildman–Crippen LogP) is 3.07. The average molecular weight is 310 g/mol. The summed E-state index contributed by atoms with van der Waals surface area (Å²) >= 11 is 7.67. The molecule has 2 rings (SSSR count). The third-order valence-electron chi connectivity index (χ3n) is 2.66. The number of halogens is 1. The smallest absolute Gasteiger partial charge is 0.251 e. The van der Waals surface area contributed by atoms with Crippen molar-refractivity contribution in [3.8, 4) is 0 Å². The molecule has 0 aliphatic rings. The Morgan fingerprint density at radius 2 is 2.25 bits per heavy atom. The Bertz CT molecular complexity index is 630. The molecule has 0 spiro atoms. The van der Waals surface area contributed by atoms with Crippen LogP contribution in [-0.4, -0.2) is 16.5 Å². The molecule has 0 bridgehead atoms. The molecular formula is C14H16ClN3OS. The van der Waals surface area contributed by atoms with Gasteiger partial charge >= 0.3 is 0 Å². The molecule has 0 radical (unpaired) electrons. The summed E-state index contributed by atoms with van der Waals surface area (Å²) < 4.78 is 0. The fraction of sp³-hybridized carbons (Fsp3) is 0.286. The fourth-order valence-electron chi connectivity index (χ4n) is 1.70. The van der Waals surface area contributed by atoms with Crippen LogP contribution < -0.4 is 10.9 Å². The maximum atomic E-state index is 11.3. The molecule has 0 saturated carbocycles. The van der Waals surface area contributed by atoms with E-state index in [0.29, 0.717) is 11.7 Å². The summed E-state index contributed by atoms with van der Waals surface area (Å²) in [6, 6.07) is 7.14. The zero-order chi connectivity index (χ0) is 14.4. The monoisotopic (exact) mass is 309 g/mol. The first-order chi connectivity index (χ1) is 9.70.